The van der Waals surface area contributed by atoms with Crippen molar-refractivity contribution in [2.45, 2.75) is 13.5 Å². The molecule has 0 aliphatic carbocycles. The standard InChI is InChI=1S/C24H16ClI2N3O4/c1-14-2-4-15(5-3-14)13-34-23-19(26)9-16(10-20(23)27)8-17(12-28)24(31)29-21-7-6-18(25)11-22(21)30(32)33/h2-11H,13H2,1H3,(H,29,31). The summed E-state index contributed by atoms with van der Waals surface area (Å²) in [4.78, 5) is 23.2. The molecule has 0 bridgehead atoms. The van der Waals surface area contributed by atoms with Gasteiger partial charge in [-0.1, -0.05) is 41.4 Å². The number of aryl methyl sites for hydroxylation is 1. The molecule has 10 heteroatoms. The lowest BCUT2D eigenvalue weighted by Gasteiger charge is -2.12. The second kappa shape index (κ2) is 11.6. The van der Waals surface area contributed by atoms with Gasteiger partial charge in [-0.2, -0.15) is 5.26 Å². The van der Waals surface area contributed by atoms with Crippen LogP contribution in [0.5, 0.6) is 5.75 Å². The number of hydrogen-bond acceptors (Lipinski definition) is 5. The van der Waals surface area contributed by atoms with Crippen molar-refractivity contribution in [1.29, 1.82) is 5.26 Å². The van der Waals surface area contributed by atoms with E-state index < -0.39 is 10.8 Å². The largest absolute Gasteiger partial charge is 0.487 e. The van der Waals surface area contributed by atoms with Gasteiger partial charge in [-0.25, -0.2) is 0 Å². The van der Waals surface area contributed by atoms with Gasteiger partial charge >= 0.3 is 0 Å². The molecule has 0 heterocycles. The first kappa shape index (κ1) is 25.9. The van der Waals surface area contributed by atoms with Gasteiger partial charge in [0.05, 0.1) is 12.1 Å². The highest BCUT2D eigenvalue weighted by Crippen LogP contribution is 2.31. The number of carbonyl (C=O) groups is 1. The number of nitro groups is 1. The summed E-state index contributed by atoms with van der Waals surface area (Å²) in [6, 6.07) is 17.4. The molecule has 34 heavy (non-hydrogen) atoms. The Morgan fingerprint density at radius 2 is 1.82 bits per heavy atom. The lowest BCUT2D eigenvalue weighted by molar-refractivity contribution is -0.383. The average Bonchev–Trinajstić information content (AvgIpc) is 2.79. The van der Waals surface area contributed by atoms with Gasteiger partial charge in [0.25, 0.3) is 11.6 Å². The quantitative estimate of drug-likeness (QED) is 0.0951. The number of hydrogen-bond donors (Lipinski definition) is 1. The van der Waals surface area contributed by atoms with Gasteiger partial charge in [0, 0.05) is 11.1 Å². The van der Waals surface area contributed by atoms with Gasteiger partial charge in [0.15, 0.2) is 0 Å². The van der Waals surface area contributed by atoms with Crippen molar-refractivity contribution in [3.05, 3.63) is 99.1 Å². The van der Waals surface area contributed by atoms with Crippen molar-refractivity contribution in [2.75, 3.05) is 5.32 Å². The van der Waals surface area contributed by atoms with Crippen LogP contribution < -0.4 is 10.1 Å². The van der Waals surface area contributed by atoms with E-state index in [9.17, 15) is 20.2 Å². The summed E-state index contributed by atoms with van der Waals surface area (Å²) in [7, 11) is 0. The molecular weight excluding hydrogens is 684 g/mol. The summed E-state index contributed by atoms with van der Waals surface area (Å²) >= 11 is 10.1. The van der Waals surface area contributed by atoms with Crippen LogP contribution in [0.3, 0.4) is 0 Å². The van der Waals surface area contributed by atoms with E-state index in [0.717, 1.165) is 18.8 Å². The van der Waals surface area contributed by atoms with Crippen LogP contribution in [0.1, 0.15) is 16.7 Å². The SMILES string of the molecule is Cc1ccc(COc2c(I)cc(C=C(C#N)C(=O)Nc3ccc(Cl)cc3[N+](=O)[O-])cc2I)cc1. The monoisotopic (exact) mass is 699 g/mol. The van der Waals surface area contributed by atoms with Crippen LogP contribution in [-0.4, -0.2) is 10.8 Å². The molecule has 0 spiro atoms. The van der Waals surface area contributed by atoms with E-state index in [4.69, 9.17) is 16.3 Å². The zero-order valence-electron chi connectivity index (χ0n) is 17.6. The lowest BCUT2D eigenvalue weighted by Crippen LogP contribution is -2.14. The van der Waals surface area contributed by atoms with E-state index in [1.54, 1.807) is 12.1 Å². The summed E-state index contributed by atoms with van der Waals surface area (Å²) in [5.74, 6) is -0.0590. The Hall–Kier alpha value is -2.69. The maximum absolute atomic E-state index is 12.6. The topological polar surface area (TPSA) is 105 Å². The minimum absolute atomic E-state index is 0.0513. The molecule has 172 valence electrons. The highest BCUT2D eigenvalue weighted by molar-refractivity contribution is 14.1. The number of rotatable bonds is 7. The smallest absolute Gasteiger partial charge is 0.294 e. The number of nitro benzene ring substituents is 1. The molecule has 0 aromatic heterocycles. The summed E-state index contributed by atoms with van der Waals surface area (Å²) in [6.07, 6.45) is 1.42. The van der Waals surface area contributed by atoms with Crippen molar-refractivity contribution < 1.29 is 14.5 Å². The molecule has 0 aliphatic heterocycles. The molecule has 0 unspecified atom stereocenters. The average molecular weight is 700 g/mol. The van der Waals surface area contributed by atoms with Crippen molar-refractivity contribution >= 4 is 80.1 Å². The summed E-state index contributed by atoms with van der Waals surface area (Å²) < 4.78 is 7.62. The highest BCUT2D eigenvalue weighted by Gasteiger charge is 2.19. The van der Waals surface area contributed by atoms with Gasteiger partial charge in [0.2, 0.25) is 0 Å². The molecular formula is C24H16ClI2N3O4. The van der Waals surface area contributed by atoms with Crippen molar-refractivity contribution in [3.63, 3.8) is 0 Å². The summed E-state index contributed by atoms with van der Waals surface area (Å²) in [6.45, 7) is 2.43. The van der Waals surface area contributed by atoms with Crippen molar-refractivity contribution in [3.8, 4) is 11.8 Å². The second-order valence-electron chi connectivity index (χ2n) is 7.13. The number of benzene rings is 3. The number of ether oxygens (including phenoxy) is 1. The molecule has 3 aromatic carbocycles. The third-order valence-corrected chi connectivity index (χ3v) is 6.44. The Balaban J connectivity index is 1.80. The molecule has 1 amide bonds. The molecule has 3 aromatic rings. The maximum Gasteiger partial charge on any atom is 0.294 e. The molecule has 0 saturated heterocycles. The molecule has 0 saturated carbocycles. The number of carbonyl (C=O) groups excluding carboxylic acids is 1. The van der Waals surface area contributed by atoms with Gasteiger partial charge in [-0.15, -0.1) is 0 Å². The first-order valence-corrected chi connectivity index (χ1v) is 12.3. The van der Waals surface area contributed by atoms with E-state index in [-0.39, 0.29) is 22.0 Å². The molecule has 1 N–H and O–H groups in total. The zero-order valence-corrected chi connectivity index (χ0v) is 22.7. The number of halogens is 3. The Labute approximate surface area is 228 Å². The van der Waals surface area contributed by atoms with E-state index in [1.807, 2.05) is 37.3 Å². The molecule has 0 atom stereocenters. The number of anilines is 1. The lowest BCUT2D eigenvalue weighted by atomic mass is 10.1. The third-order valence-electron chi connectivity index (χ3n) is 4.61. The number of nitrogens with one attached hydrogen (secondary N) is 1. The predicted octanol–water partition coefficient (Wildman–Crippen LogP) is 6.89. The Morgan fingerprint density at radius 1 is 1.18 bits per heavy atom. The normalized spacial score (nSPS) is 11.0. The Bertz CT molecular complexity index is 1310. The third kappa shape index (κ3) is 6.68. The second-order valence-corrected chi connectivity index (χ2v) is 9.89. The first-order chi connectivity index (χ1) is 16.2. The zero-order chi connectivity index (χ0) is 24.8. The minimum atomic E-state index is -0.766. The van der Waals surface area contributed by atoms with E-state index in [2.05, 4.69) is 50.5 Å². The summed E-state index contributed by atoms with van der Waals surface area (Å²) in [5, 5.41) is 23.3. The Kier molecular flexibility index (Phi) is 8.87. The van der Waals surface area contributed by atoms with Gasteiger partial charge in [-0.05, 0) is 93.6 Å². The fraction of sp³-hybridized carbons (Fsp3) is 0.0833. The number of nitrogens with zero attached hydrogens (tertiary/aromatic N) is 2. The van der Waals surface area contributed by atoms with Crippen LogP contribution in [-0.2, 0) is 11.4 Å². The first-order valence-electron chi connectivity index (χ1n) is 9.72. The minimum Gasteiger partial charge on any atom is -0.487 e. The van der Waals surface area contributed by atoms with Crippen LogP contribution in [0.25, 0.3) is 6.08 Å². The predicted molar refractivity (Wildman–Crippen MR) is 148 cm³/mol. The molecule has 0 radical (unpaired) electrons. The van der Waals surface area contributed by atoms with Gasteiger partial charge in [-0.3, -0.25) is 14.9 Å². The number of nitriles is 1. The van der Waals surface area contributed by atoms with Crippen LogP contribution in [0.15, 0.2) is 60.2 Å². The molecule has 7 nitrogen and oxygen atoms in total. The van der Waals surface area contributed by atoms with Crippen LogP contribution >= 0.6 is 56.8 Å². The Morgan fingerprint density at radius 3 is 2.41 bits per heavy atom. The van der Waals surface area contributed by atoms with Crippen LogP contribution in [0.4, 0.5) is 11.4 Å². The van der Waals surface area contributed by atoms with Crippen molar-refractivity contribution in [1.82, 2.24) is 0 Å². The van der Waals surface area contributed by atoms with Crippen LogP contribution in [0, 0.1) is 35.5 Å². The van der Waals surface area contributed by atoms with Crippen molar-refractivity contribution in [2.24, 2.45) is 0 Å². The molecule has 0 fully saturated rings. The summed E-state index contributed by atoms with van der Waals surface area (Å²) in [5.41, 5.74) is 2.22. The maximum atomic E-state index is 12.6. The van der Waals surface area contributed by atoms with Gasteiger partial charge in [0.1, 0.15) is 29.7 Å². The van der Waals surface area contributed by atoms with E-state index in [1.165, 1.54) is 23.8 Å². The van der Waals surface area contributed by atoms with E-state index >= 15 is 0 Å². The fourth-order valence-electron chi connectivity index (χ4n) is 2.91. The molecule has 0 aliphatic rings. The number of amides is 1. The van der Waals surface area contributed by atoms with Gasteiger partial charge < -0.3 is 10.1 Å². The van der Waals surface area contributed by atoms with E-state index in [0.29, 0.717) is 17.9 Å². The highest BCUT2D eigenvalue weighted by atomic mass is 127. The van der Waals surface area contributed by atoms with Crippen LogP contribution in [0.2, 0.25) is 5.02 Å². The molecule has 3 rings (SSSR count). The fourth-order valence-corrected chi connectivity index (χ4v) is 5.20.